The first-order valence-electron chi connectivity index (χ1n) is 15.7. The second-order valence-corrected chi connectivity index (χ2v) is 13.5. The quantitative estimate of drug-likeness (QED) is 0.256. The fraction of sp³-hybridized carbons (Fsp3) is 0.657. The van der Waals surface area contributed by atoms with Crippen molar-refractivity contribution in [3.05, 3.63) is 71.1 Å². The van der Waals surface area contributed by atoms with Crippen LogP contribution in [0.3, 0.4) is 0 Å². The predicted molar refractivity (Wildman–Crippen MR) is 159 cm³/mol. The van der Waals surface area contributed by atoms with E-state index in [1.54, 1.807) is 0 Å². The molecule has 0 spiro atoms. The summed E-state index contributed by atoms with van der Waals surface area (Å²) in [6.45, 7) is 11.2. The minimum absolute atomic E-state index is 0.124. The molecular formula is C35H51NO3. The third kappa shape index (κ3) is 5.67. The molecule has 4 saturated carbocycles. The lowest BCUT2D eigenvalue weighted by molar-refractivity contribution is 0.0862. The van der Waals surface area contributed by atoms with E-state index >= 15 is 0 Å². The van der Waals surface area contributed by atoms with E-state index in [4.69, 9.17) is 0 Å². The highest BCUT2D eigenvalue weighted by atomic mass is 16.3. The van der Waals surface area contributed by atoms with Gasteiger partial charge in [0.05, 0.1) is 18.3 Å². The lowest BCUT2D eigenvalue weighted by Gasteiger charge is -2.44. The van der Waals surface area contributed by atoms with E-state index in [1.165, 1.54) is 55.4 Å². The van der Waals surface area contributed by atoms with Gasteiger partial charge in [-0.3, -0.25) is 0 Å². The molecule has 7 atom stereocenters. The van der Waals surface area contributed by atoms with Crippen LogP contribution in [0.2, 0.25) is 0 Å². The Kier molecular flexibility index (Phi) is 8.48. The van der Waals surface area contributed by atoms with Crippen molar-refractivity contribution < 1.29 is 15.3 Å². The first kappa shape index (κ1) is 28.6. The Hall–Kier alpha value is -1.88. The number of hydrogen-bond acceptors (Lipinski definition) is 3. The summed E-state index contributed by atoms with van der Waals surface area (Å²) in [5.74, 6) is 1.61. The van der Waals surface area contributed by atoms with Crippen molar-refractivity contribution in [1.82, 2.24) is 4.98 Å². The van der Waals surface area contributed by atoms with Crippen molar-refractivity contribution in [1.29, 1.82) is 0 Å². The zero-order chi connectivity index (χ0) is 27.8. The molecule has 1 aromatic heterocycles. The molecule has 5 rings (SSSR count). The van der Waals surface area contributed by atoms with E-state index in [1.807, 2.05) is 0 Å². The molecule has 1 heterocycles. The first-order chi connectivity index (χ1) is 18.7. The Bertz CT molecular complexity index is 1120. The highest BCUT2D eigenvalue weighted by molar-refractivity contribution is 5.39. The predicted octanol–water partition coefficient (Wildman–Crippen LogP) is 7.08. The van der Waals surface area contributed by atoms with Crippen molar-refractivity contribution in [3.8, 4) is 0 Å². The average Bonchev–Trinajstić information content (AvgIpc) is 3.44. The lowest BCUT2D eigenvalue weighted by Crippen LogP contribution is -2.35. The highest BCUT2D eigenvalue weighted by Crippen LogP contribution is 2.60. The Morgan fingerprint density at radius 3 is 2.69 bits per heavy atom. The van der Waals surface area contributed by atoms with Gasteiger partial charge in [-0.25, -0.2) is 0 Å². The topological polar surface area (TPSA) is 76.5 Å². The van der Waals surface area contributed by atoms with Gasteiger partial charge in [0.2, 0.25) is 0 Å². The summed E-state index contributed by atoms with van der Waals surface area (Å²) in [5, 5.41) is 31.7. The van der Waals surface area contributed by atoms with E-state index in [0.717, 1.165) is 36.8 Å². The fourth-order valence-corrected chi connectivity index (χ4v) is 8.32. The SMILES string of the molecule is C=C1/C(=C\C=C2/CCC[C@]3(C)[C@@H]([C@H](C)/C=C/[C@@H](O)C4(c5cc(CCCC)c[nH]5)CC4)CC[C@@H]23)C[C@@H](O)C[C@@H]1O. The monoisotopic (exact) mass is 533 g/mol. The number of aliphatic hydroxyl groups excluding tert-OH is 3. The summed E-state index contributed by atoms with van der Waals surface area (Å²) in [7, 11) is 0. The van der Waals surface area contributed by atoms with Gasteiger partial charge in [-0.1, -0.05) is 63.6 Å². The molecule has 4 nitrogen and oxygen atoms in total. The van der Waals surface area contributed by atoms with Crippen LogP contribution in [0.1, 0.15) is 103 Å². The van der Waals surface area contributed by atoms with Gasteiger partial charge in [0.15, 0.2) is 0 Å². The van der Waals surface area contributed by atoms with Gasteiger partial charge >= 0.3 is 0 Å². The summed E-state index contributed by atoms with van der Waals surface area (Å²) < 4.78 is 0. The minimum atomic E-state index is -0.635. The zero-order valence-corrected chi connectivity index (χ0v) is 24.5. The van der Waals surface area contributed by atoms with Gasteiger partial charge in [0.1, 0.15) is 0 Å². The maximum Gasteiger partial charge on any atom is 0.0831 e. The van der Waals surface area contributed by atoms with Crippen LogP contribution in [-0.2, 0) is 11.8 Å². The third-order valence-electron chi connectivity index (χ3n) is 11.0. The average molecular weight is 534 g/mol. The summed E-state index contributed by atoms with van der Waals surface area (Å²) in [4.78, 5) is 3.49. The Labute approximate surface area is 236 Å². The standard InChI is InChI=1S/C35H51NO3/c1-5-6-8-25-19-32(36-22-25)35(17-18-35)33(39)15-10-23(2)29-13-14-30-26(9-7-16-34(29,30)4)11-12-27-20-28(37)21-31(38)24(27)3/h10-12,15,19,22-23,28-31,33,36-39H,3,5-9,13-14,16-18,20-21H2,1-2,4H3/b15-10+,26-11+,27-12-/t23-,28-,29-,30+,31+,33-,34-/m1/s1. The number of allylic oxidation sites excluding steroid dienone is 4. The summed E-state index contributed by atoms with van der Waals surface area (Å²) >= 11 is 0. The second kappa shape index (κ2) is 11.5. The number of H-pyrrole nitrogens is 1. The van der Waals surface area contributed by atoms with Crippen molar-refractivity contribution >= 4 is 0 Å². The third-order valence-corrected chi connectivity index (χ3v) is 11.0. The number of hydrogen-bond donors (Lipinski definition) is 4. The molecule has 4 N–H and O–H groups in total. The molecule has 4 aliphatic carbocycles. The molecule has 1 aromatic rings. The van der Waals surface area contributed by atoms with E-state index in [2.05, 4.69) is 68.9 Å². The number of aliphatic hydroxyl groups is 3. The largest absolute Gasteiger partial charge is 0.393 e. The first-order valence-corrected chi connectivity index (χ1v) is 15.7. The van der Waals surface area contributed by atoms with Crippen LogP contribution >= 0.6 is 0 Å². The van der Waals surface area contributed by atoms with Crippen molar-refractivity contribution in [2.45, 2.75) is 122 Å². The molecule has 4 aliphatic rings. The molecule has 4 heteroatoms. The Morgan fingerprint density at radius 2 is 1.95 bits per heavy atom. The molecule has 0 bridgehead atoms. The maximum atomic E-state index is 11.3. The van der Waals surface area contributed by atoms with Crippen molar-refractivity contribution in [2.75, 3.05) is 0 Å². The molecule has 0 aliphatic heterocycles. The van der Waals surface area contributed by atoms with Crippen LogP contribution < -0.4 is 0 Å². The van der Waals surface area contributed by atoms with Gasteiger partial charge in [-0.15, -0.1) is 0 Å². The lowest BCUT2D eigenvalue weighted by atomic mass is 9.61. The number of aromatic nitrogens is 1. The smallest absolute Gasteiger partial charge is 0.0831 e. The molecule has 0 saturated heterocycles. The molecule has 4 fully saturated rings. The van der Waals surface area contributed by atoms with Crippen LogP contribution in [0.25, 0.3) is 0 Å². The molecule has 0 unspecified atom stereocenters. The van der Waals surface area contributed by atoms with E-state index in [9.17, 15) is 15.3 Å². The molecule has 214 valence electrons. The molecule has 0 aromatic carbocycles. The summed E-state index contributed by atoms with van der Waals surface area (Å²) in [5.41, 5.74) is 6.01. The van der Waals surface area contributed by atoms with Gasteiger partial charge in [0, 0.05) is 23.7 Å². The van der Waals surface area contributed by atoms with Crippen LogP contribution in [0, 0.1) is 23.2 Å². The van der Waals surface area contributed by atoms with Gasteiger partial charge in [-0.05, 0) is 110 Å². The molecule has 0 radical (unpaired) electrons. The summed E-state index contributed by atoms with van der Waals surface area (Å²) in [6, 6.07) is 2.29. The zero-order valence-electron chi connectivity index (χ0n) is 24.5. The van der Waals surface area contributed by atoms with E-state index in [-0.39, 0.29) is 10.8 Å². The summed E-state index contributed by atoms with van der Waals surface area (Å²) in [6.07, 6.45) is 22.1. The van der Waals surface area contributed by atoms with Crippen LogP contribution in [0.4, 0.5) is 0 Å². The van der Waals surface area contributed by atoms with E-state index < -0.39 is 18.3 Å². The van der Waals surface area contributed by atoms with E-state index in [0.29, 0.717) is 30.6 Å². The highest BCUT2D eigenvalue weighted by Gasteiger charge is 2.52. The van der Waals surface area contributed by atoms with Gasteiger partial charge < -0.3 is 20.3 Å². The Balaban J connectivity index is 1.26. The molecular weight excluding hydrogens is 482 g/mol. The molecule has 39 heavy (non-hydrogen) atoms. The maximum absolute atomic E-state index is 11.3. The normalized spacial score (nSPS) is 36.0. The number of fused-ring (bicyclic) bond motifs is 1. The van der Waals surface area contributed by atoms with Crippen molar-refractivity contribution in [3.63, 3.8) is 0 Å². The number of rotatable bonds is 9. The van der Waals surface area contributed by atoms with Gasteiger partial charge in [-0.2, -0.15) is 0 Å². The number of nitrogens with one attached hydrogen (secondary N) is 1. The number of aryl methyl sites for hydroxylation is 1. The van der Waals surface area contributed by atoms with Gasteiger partial charge in [0.25, 0.3) is 0 Å². The minimum Gasteiger partial charge on any atom is -0.393 e. The number of unbranched alkanes of at least 4 members (excludes halogenated alkanes) is 1. The fourth-order valence-electron chi connectivity index (χ4n) is 8.32. The van der Waals surface area contributed by atoms with Crippen LogP contribution in [0.5, 0.6) is 0 Å². The molecule has 0 amide bonds. The second-order valence-electron chi connectivity index (χ2n) is 13.5. The number of aromatic amines is 1. The Morgan fingerprint density at radius 1 is 1.15 bits per heavy atom. The van der Waals surface area contributed by atoms with Crippen LogP contribution in [0.15, 0.2) is 59.9 Å². The van der Waals surface area contributed by atoms with Crippen LogP contribution in [-0.4, -0.2) is 38.6 Å². The van der Waals surface area contributed by atoms with Crippen molar-refractivity contribution in [2.24, 2.45) is 23.2 Å².